The van der Waals surface area contributed by atoms with E-state index in [-0.39, 0.29) is 5.91 Å². The molecule has 1 saturated heterocycles. The predicted octanol–water partition coefficient (Wildman–Crippen LogP) is 3.92. The number of benzene rings is 1. The van der Waals surface area contributed by atoms with Crippen molar-refractivity contribution >= 4 is 23.0 Å². The van der Waals surface area contributed by atoms with E-state index in [0.717, 1.165) is 30.2 Å². The topological polar surface area (TPSA) is 66.5 Å². The van der Waals surface area contributed by atoms with Crippen molar-refractivity contribution in [2.75, 3.05) is 41.8 Å². The third-order valence-electron chi connectivity index (χ3n) is 5.48. The Morgan fingerprint density at radius 1 is 1.04 bits per heavy atom. The van der Waals surface area contributed by atoms with Crippen molar-refractivity contribution in [3.05, 3.63) is 48.3 Å². The van der Waals surface area contributed by atoms with Gasteiger partial charge >= 0.3 is 0 Å². The van der Waals surface area contributed by atoms with Crippen molar-refractivity contribution in [3.63, 3.8) is 0 Å². The molecule has 0 spiro atoms. The van der Waals surface area contributed by atoms with Gasteiger partial charge < -0.3 is 20.3 Å². The van der Waals surface area contributed by atoms with Crippen molar-refractivity contribution in [3.8, 4) is 0 Å². The highest BCUT2D eigenvalue weighted by Crippen LogP contribution is 2.27. The number of morpholine rings is 1. The zero-order chi connectivity index (χ0) is 19.2. The van der Waals surface area contributed by atoms with Gasteiger partial charge in [0.15, 0.2) is 0 Å². The summed E-state index contributed by atoms with van der Waals surface area (Å²) in [5.74, 6) is -0.190. The number of nitrogens with one attached hydrogen (secondary N) is 2. The van der Waals surface area contributed by atoms with E-state index in [1.54, 1.807) is 12.3 Å². The quantitative estimate of drug-likeness (QED) is 0.823. The standard InChI is InChI=1S/C22H28N4O2/c27-22(20-11-10-18(16-23-20)24-17-6-2-1-3-7-17)25-19-8-4-5-9-21(19)26-12-14-28-15-13-26/h4-5,8-11,16-17,24H,1-3,6-7,12-15H2,(H,25,27). The van der Waals surface area contributed by atoms with Crippen LogP contribution in [-0.4, -0.2) is 43.2 Å². The summed E-state index contributed by atoms with van der Waals surface area (Å²) in [6.45, 7) is 3.07. The van der Waals surface area contributed by atoms with Crippen LogP contribution in [0.1, 0.15) is 42.6 Å². The van der Waals surface area contributed by atoms with Crippen LogP contribution in [-0.2, 0) is 4.74 Å². The maximum atomic E-state index is 12.7. The first-order valence-electron chi connectivity index (χ1n) is 10.3. The Kier molecular flexibility index (Phi) is 6.07. The Hall–Kier alpha value is -2.60. The minimum Gasteiger partial charge on any atom is -0.381 e. The van der Waals surface area contributed by atoms with E-state index in [2.05, 4.69) is 20.5 Å². The van der Waals surface area contributed by atoms with Gasteiger partial charge in [0.05, 0.1) is 36.5 Å². The highest BCUT2D eigenvalue weighted by Gasteiger charge is 2.17. The lowest BCUT2D eigenvalue weighted by molar-refractivity contribution is 0.102. The van der Waals surface area contributed by atoms with E-state index in [1.165, 1.54) is 32.1 Å². The minimum absolute atomic E-state index is 0.190. The van der Waals surface area contributed by atoms with Crippen molar-refractivity contribution in [2.45, 2.75) is 38.1 Å². The number of para-hydroxylation sites is 2. The summed E-state index contributed by atoms with van der Waals surface area (Å²) < 4.78 is 5.43. The highest BCUT2D eigenvalue weighted by atomic mass is 16.5. The number of nitrogens with zero attached hydrogens (tertiary/aromatic N) is 2. The summed E-state index contributed by atoms with van der Waals surface area (Å²) in [7, 11) is 0. The van der Waals surface area contributed by atoms with Gasteiger partial charge in [-0.1, -0.05) is 31.4 Å². The Balaban J connectivity index is 1.41. The molecule has 6 heteroatoms. The van der Waals surface area contributed by atoms with E-state index in [4.69, 9.17) is 4.74 Å². The summed E-state index contributed by atoms with van der Waals surface area (Å²) in [5.41, 5.74) is 3.23. The Morgan fingerprint density at radius 2 is 1.82 bits per heavy atom. The van der Waals surface area contributed by atoms with Crippen LogP contribution < -0.4 is 15.5 Å². The van der Waals surface area contributed by atoms with Crippen LogP contribution in [0.2, 0.25) is 0 Å². The SMILES string of the molecule is O=C(Nc1ccccc1N1CCOCC1)c1ccc(NC2CCCCC2)cn1. The molecule has 1 saturated carbocycles. The summed E-state index contributed by atoms with van der Waals surface area (Å²) >= 11 is 0. The molecule has 1 aliphatic carbocycles. The maximum Gasteiger partial charge on any atom is 0.274 e. The number of anilines is 3. The zero-order valence-corrected chi connectivity index (χ0v) is 16.2. The molecule has 4 rings (SSSR count). The maximum absolute atomic E-state index is 12.7. The largest absolute Gasteiger partial charge is 0.381 e. The molecule has 1 aromatic heterocycles. The molecule has 2 aliphatic rings. The molecule has 1 aromatic carbocycles. The van der Waals surface area contributed by atoms with Gasteiger partial charge in [0, 0.05) is 19.1 Å². The summed E-state index contributed by atoms with van der Waals surface area (Å²) in [4.78, 5) is 19.3. The number of carbonyl (C=O) groups excluding carboxylic acids is 1. The molecule has 0 bridgehead atoms. The number of hydrogen-bond donors (Lipinski definition) is 2. The molecule has 0 radical (unpaired) electrons. The van der Waals surface area contributed by atoms with E-state index in [9.17, 15) is 4.79 Å². The van der Waals surface area contributed by atoms with Crippen molar-refractivity contribution < 1.29 is 9.53 Å². The van der Waals surface area contributed by atoms with Crippen molar-refractivity contribution in [1.82, 2.24) is 4.98 Å². The first-order valence-corrected chi connectivity index (χ1v) is 10.3. The molecule has 1 aliphatic heterocycles. The van der Waals surface area contributed by atoms with Gasteiger partial charge in [-0.3, -0.25) is 4.79 Å². The second kappa shape index (κ2) is 9.06. The second-order valence-corrected chi connectivity index (χ2v) is 7.48. The number of ether oxygens (including phenoxy) is 1. The van der Waals surface area contributed by atoms with E-state index in [1.807, 2.05) is 30.3 Å². The van der Waals surface area contributed by atoms with Crippen molar-refractivity contribution in [2.24, 2.45) is 0 Å². The third-order valence-corrected chi connectivity index (χ3v) is 5.48. The van der Waals surface area contributed by atoms with Crippen LogP contribution in [0.15, 0.2) is 42.6 Å². The molecule has 148 valence electrons. The van der Waals surface area contributed by atoms with Gasteiger partial charge in [-0.05, 0) is 37.1 Å². The Bertz CT molecular complexity index is 781. The minimum atomic E-state index is -0.190. The monoisotopic (exact) mass is 380 g/mol. The Morgan fingerprint density at radius 3 is 2.57 bits per heavy atom. The number of amides is 1. The lowest BCUT2D eigenvalue weighted by Crippen LogP contribution is -2.36. The normalized spacial score (nSPS) is 17.9. The van der Waals surface area contributed by atoms with Crippen LogP contribution in [0.25, 0.3) is 0 Å². The van der Waals surface area contributed by atoms with Crippen LogP contribution in [0.5, 0.6) is 0 Å². The van der Waals surface area contributed by atoms with Gasteiger partial charge in [-0.25, -0.2) is 4.98 Å². The first-order chi connectivity index (χ1) is 13.8. The van der Waals surface area contributed by atoms with Crippen LogP contribution in [0.3, 0.4) is 0 Å². The van der Waals surface area contributed by atoms with Gasteiger partial charge in [0.25, 0.3) is 5.91 Å². The number of aromatic nitrogens is 1. The number of hydrogen-bond acceptors (Lipinski definition) is 5. The van der Waals surface area contributed by atoms with E-state index >= 15 is 0 Å². The smallest absolute Gasteiger partial charge is 0.274 e. The molecule has 2 heterocycles. The van der Waals surface area contributed by atoms with Crippen LogP contribution in [0, 0.1) is 0 Å². The number of pyridine rings is 1. The second-order valence-electron chi connectivity index (χ2n) is 7.48. The predicted molar refractivity (Wildman–Crippen MR) is 112 cm³/mol. The zero-order valence-electron chi connectivity index (χ0n) is 16.2. The van der Waals surface area contributed by atoms with E-state index < -0.39 is 0 Å². The molecule has 2 fully saturated rings. The lowest BCUT2D eigenvalue weighted by Gasteiger charge is -2.30. The molecule has 0 atom stereocenters. The fraction of sp³-hybridized carbons (Fsp3) is 0.455. The van der Waals surface area contributed by atoms with E-state index in [0.29, 0.717) is 24.9 Å². The average Bonchev–Trinajstić information content (AvgIpc) is 2.76. The van der Waals surface area contributed by atoms with Gasteiger partial charge in [0.2, 0.25) is 0 Å². The fourth-order valence-corrected chi connectivity index (χ4v) is 3.94. The van der Waals surface area contributed by atoms with Crippen molar-refractivity contribution in [1.29, 1.82) is 0 Å². The molecular weight excluding hydrogens is 352 g/mol. The lowest BCUT2D eigenvalue weighted by atomic mass is 9.95. The molecule has 0 unspecified atom stereocenters. The average molecular weight is 380 g/mol. The molecular formula is C22H28N4O2. The molecule has 2 N–H and O–H groups in total. The molecule has 6 nitrogen and oxygen atoms in total. The molecule has 28 heavy (non-hydrogen) atoms. The first kappa shape index (κ1) is 18.7. The summed E-state index contributed by atoms with van der Waals surface area (Å²) in [6, 6.07) is 12.2. The summed E-state index contributed by atoms with van der Waals surface area (Å²) in [5, 5.41) is 6.56. The molecule has 2 aromatic rings. The summed E-state index contributed by atoms with van der Waals surface area (Å²) in [6.07, 6.45) is 8.09. The fourth-order valence-electron chi connectivity index (χ4n) is 3.94. The number of rotatable bonds is 5. The molecule has 1 amide bonds. The van der Waals surface area contributed by atoms with Crippen LogP contribution in [0.4, 0.5) is 17.1 Å². The van der Waals surface area contributed by atoms with Gasteiger partial charge in [0.1, 0.15) is 5.69 Å². The van der Waals surface area contributed by atoms with Gasteiger partial charge in [-0.2, -0.15) is 0 Å². The van der Waals surface area contributed by atoms with Gasteiger partial charge in [-0.15, -0.1) is 0 Å². The third kappa shape index (κ3) is 4.62. The Labute approximate surface area is 166 Å². The van der Waals surface area contributed by atoms with Crippen LogP contribution >= 0.6 is 0 Å². The highest BCUT2D eigenvalue weighted by molar-refractivity contribution is 6.04. The number of carbonyl (C=O) groups is 1.